The first-order valence-electron chi connectivity index (χ1n) is 47.9. The Kier molecular flexibility index (Phi) is 42.7. The zero-order chi connectivity index (χ0) is 105. The number of phenols is 1. The highest BCUT2D eigenvalue weighted by Gasteiger charge is 2.48. The molecule has 1 aromatic heterocycles. The maximum atomic E-state index is 15.4. The molecule has 4 fully saturated rings. The first-order valence-corrected chi connectivity index (χ1v) is 47.9. The Morgan fingerprint density at radius 2 is 0.762 bits per heavy atom. The number of aliphatic carboxylic acids is 1. The Morgan fingerprint density at radius 1 is 0.420 bits per heavy atom. The van der Waals surface area contributed by atoms with E-state index in [-0.39, 0.29) is 115 Å². The number of H-pyrrole nitrogens is 1. The number of nitrogens with zero attached hydrogens (tertiary/aromatic N) is 4. The average molecular weight is 2000 g/mol. The largest absolute Gasteiger partial charge is 0.508 e. The molecule has 8 rings (SSSR count). The minimum Gasteiger partial charge on any atom is -0.508 e. The van der Waals surface area contributed by atoms with Crippen molar-refractivity contribution in [3.8, 4) is 5.75 Å². The number of amides is 19. The van der Waals surface area contributed by atoms with E-state index in [0.29, 0.717) is 16.7 Å². The Morgan fingerprint density at radius 3 is 1.16 bits per heavy atom. The van der Waals surface area contributed by atoms with Crippen LogP contribution in [0.4, 0.5) is 0 Å². The number of carboxylic acids is 1. The molecule has 4 aliphatic rings. The predicted molar refractivity (Wildman–Crippen MR) is 512 cm³/mol. The average Bonchev–Trinajstić information content (AvgIpc) is 1.72. The molecule has 4 aromatic rings. The normalized spacial score (nSPS) is 26.4. The second kappa shape index (κ2) is 53.8. The molecule has 0 saturated carbocycles. The fourth-order valence-electron chi connectivity index (χ4n) is 17.2. The van der Waals surface area contributed by atoms with Gasteiger partial charge in [-0.2, -0.15) is 0 Å². The molecule has 0 radical (unpaired) electrons. The number of carboxylic acid groups (broad SMARTS) is 1. The Bertz CT molecular complexity index is 5190. The molecule has 3 aromatic carbocycles. The number of hydrogen-bond acceptors (Lipinski definition) is 25. The van der Waals surface area contributed by atoms with Crippen molar-refractivity contribution in [2.45, 2.75) is 287 Å². The number of benzene rings is 3. The number of fused-ring (bicyclic) bond motifs is 3. The molecule has 48 nitrogen and oxygen atoms in total. The third-order valence-corrected chi connectivity index (χ3v) is 25.3. The van der Waals surface area contributed by atoms with Gasteiger partial charge in [-0.25, -0.2) is 4.98 Å². The standard InChI is InChI=1S/C95H136N24O24/c1-11-50(8)73-91(140)112-72(49(6)7)90(139)115-75(52(10)121)93(142)118-38-19-27-65(118)85(134)103-58(26-18-36-101-95(98)99)78(127)114-74(51(9)120)92(141)117-37-20-28-66(117)86(135)104-59(34-35-69(124)125)79(128)116-76(77(97)126)94(143)119-39-21-29-67(119)87(136)110-71(48(4)5)89(138)111-70(47(2)3)88(137)109-63(43-56-45-100-46-102-56)83(132)107-61(41-54-24-16-13-17-25-54)81(130)105-60(40-53-22-14-12-15-23-53)80(129)106-62(42-55-30-32-57(122)33-31-55)82(131)108-64(44-68(96)123)84(133)113-73/h12-17,22-25,30-33,45-52,58-67,70-76,120-122H,11,18-21,26-29,34-44H2,1-10H3,(H2,96,123)(H2,97,126)(H,100,102)(H,103,134)(H,104,135)(H,105,130)(H,106,129)(H,107,132)(H,108,131)(H,109,137)(H,110,136)(H,111,138)(H,112,140)(H,113,133)(H,114,127)(H,115,139)(H,116,128)(H,124,125)(H4,98,99,101)/t50-,51+,52+,58-,59-,60-,61-,62-,63-,64-,65-,66-,67-,70-,71-,72-,73-,74-,75-,76-/m0/s1. The van der Waals surface area contributed by atoms with Gasteiger partial charge in [0.15, 0.2) is 12.0 Å². The molecule has 4 aliphatic heterocycles. The van der Waals surface area contributed by atoms with Crippen LogP contribution in [0.1, 0.15) is 169 Å². The van der Waals surface area contributed by atoms with Crippen molar-refractivity contribution in [3.05, 3.63) is 120 Å². The highest BCUT2D eigenvalue weighted by atomic mass is 16.4. The lowest BCUT2D eigenvalue weighted by atomic mass is 9.95. The Hall–Kier alpha value is -14.7. The van der Waals surface area contributed by atoms with E-state index in [2.05, 4.69) is 89.7 Å². The maximum Gasteiger partial charge on any atom is 0.303 e. The Labute approximate surface area is 826 Å². The molecule has 27 N–H and O–H groups in total. The number of rotatable bonds is 25. The van der Waals surface area contributed by atoms with Crippen molar-refractivity contribution in [3.63, 3.8) is 0 Å². The number of aromatic amines is 1. The summed E-state index contributed by atoms with van der Waals surface area (Å²) in [5.74, 6) is -26.2. The van der Waals surface area contributed by atoms with Crippen LogP contribution in [0, 0.1) is 29.1 Å². The second-order valence-corrected chi connectivity index (χ2v) is 37.5. The van der Waals surface area contributed by atoms with Gasteiger partial charge in [-0.05, 0) is 124 Å². The number of primary amides is 2. The smallest absolute Gasteiger partial charge is 0.303 e. The van der Waals surface area contributed by atoms with Gasteiger partial charge < -0.3 is 137 Å². The molecule has 20 atom stereocenters. The van der Waals surface area contributed by atoms with E-state index in [1.807, 2.05) is 0 Å². The van der Waals surface area contributed by atoms with Crippen LogP contribution in [0.3, 0.4) is 0 Å². The Balaban J connectivity index is 1.18. The highest BCUT2D eigenvalue weighted by molar-refractivity contribution is 6.09. The van der Waals surface area contributed by atoms with Crippen LogP contribution in [-0.4, -0.2) is 310 Å². The lowest BCUT2D eigenvalue weighted by molar-refractivity contribution is -0.147. The summed E-state index contributed by atoms with van der Waals surface area (Å²) in [7, 11) is 0. The number of hydrogen-bond donors (Lipinski definition) is 24. The summed E-state index contributed by atoms with van der Waals surface area (Å²) in [6.45, 7) is 14.0. The summed E-state index contributed by atoms with van der Waals surface area (Å²) in [6, 6.07) is -7.00. The number of carbonyl (C=O) groups excluding carboxylic acids is 19. The predicted octanol–water partition coefficient (Wildman–Crippen LogP) is -5.58. The van der Waals surface area contributed by atoms with Crippen LogP contribution >= 0.6 is 0 Å². The van der Waals surface area contributed by atoms with Gasteiger partial charge in [-0.3, -0.25) is 101 Å². The highest BCUT2D eigenvalue weighted by Crippen LogP contribution is 2.26. The number of aromatic nitrogens is 2. The van der Waals surface area contributed by atoms with Gasteiger partial charge in [0.05, 0.1) is 25.0 Å². The number of phenolic OH excluding ortho intramolecular Hbond substituents is 1. The van der Waals surface area contributed by atoms with Crippen LogP contribution in [0.15, 0.2) is 97.5 Å². The van der Waals surface area contributed by atoms with Gasteiger partial charge in [0, 0.05) is 70.2 Å². The summed E-state index contributed by atoms with van der Waals surface area (Å²) in [4.78, 5) is 302. The van der Waals surface area contributed by atoms with Gasteiger partial charge in [-0.15, -0.1) is 0 Å². The molecular formula is C95H136N24O24. The number of imidazole rings is 1. The van der Waals surface area contributed by atoms with Crippen molar-refractivity contribution < 1.29 is 116 Å². The van der Waals surface area contributed by atoms with Crippen LogP contribution in [0.5, 0.6) is 5.75 Å². The van der Waals surface area contributed by atoms with E-state index in [1.54, 1.807) is 102 Å². The van der Waals surface area contributed by atoms with Gasteiger partial charge in [-0.1, -0.05) is 135 Å². The van der Waals surface area contributed by atoms with Crippen LogP contribution in [-0.2, 0) is 122 Å². The maximum absolute atomic E-state index is 15.4. The SMILES string of the molecule is CC[C@H](C)[C@@H]1NC(=O)[C@H](CC(N)=O)NC(=O)[C@H](Cc2ccc(O)cc2)NC(=O)[C@H](Cc2ccccc2)NC(=O)[C@H](Cc2ccccc2)NC(=O)[C@H](Cc2cnc[nH]2)NC(=O)[C@H](C(C)C)NC(=O)[C@H](C(C)C)NC(=O)[C@@H]2CCCN2C(=O)[C@H](C(N)=O)NC(=O)[C@H](CCC(=O)O)NC(=O)[C@@H]2CCCN2C(=O)[C@H]([C@@H](C)O)NC(=O)[C@H](CCCNC(=N)N)NC(=O)[C@@H]2CCCN2C(=O)[C@H]([C@@H](C)O)NC(=O)[C@H](C(C)C)NC1=O. The zero-order valence-electron chi connectivity index (χ0n) is 81.6. The second-order valence-electron chi connectivity index (χ2n) is 37.5. The summed E-state index contributed by atoms with van der Waals surface area (Å²) in [6.07, 6.45) is -4.82. The summed E-state index contributed by atoms with van der Waals surface area (Å²) < 4.78 is 0. The molecule has 5 heterocycles. The lowest BCUT2D eigenvalue weighted by Gasteiger charge is -2.33. The van der Waals surface area contributed by atoms with Gasteiger partial charge >= 0.3 is 5.97 Å². The number of aromatic hydroxyl groups is 1. The number of nitrogens with two attached hydrogens (primary N) is 3. The molecule has 0 bridgehead atoms. The minimum absolute atomic E-state index is 0.0216. The number of aliphatic hydroxyl groups excluding tert-OH is 2. The fraction of sp³-hybridized carbons (Fsp3) is 0.558. The topological polar surface area (TPSA) is 743 Å². The van der Waals surface area contributed by atoms with Gasteiger partial charge in [0.2, 0.25) is 106 Å². The van der Waals surface area contributed by atoms with Crippen molar-refractivity contribution >= 4 is 124 Å². The van der Waals surface area contributed by atoms with E-state index >= 15 is 24.0 Å². The molecule has 143 heavy (non-hydrogen) atoms. The zero-order valence-corrected chi connectivity index (χ0v) is 81.6. The van der Waals surface area contributed by atoms with Crippen LogP contribution < -0.4 is 97.0 Å². The van der Waals surface area contributed by atoms with E-state index < -0.39 is 288 Å². The van der Waals surface area contributed by atoms with E-state index in [4.69, 9.17) is 22.6 Å². The third kappa shape index (κ3) is 32.9. The van der Waals surface area contributed by atoms with Crippen molar-refractivity contribution in [1.29, 1.82) is 5.41 Å². The van der Waals surface area contributed by atoms with Crippen molar-refractivity contribution in [2.75, 3.05) is 26.2 Å². The summed E-state index contributed by atoms with van der Waals surface area (Å²) in [5, 5.41) is 89.3. The van der Waals surface area contributed by atoms with Gasteiger partial charge in [0.25, 0.3) is 5.91 Å². The first kappa shape index (κ1) is 114. The molecule has 48 heteroatoms. The monoisotopic (exact) mass is 2000 g/mol. The van der Waals surface area contributed by atoms with E-state index in [1.165, 1.54) is 50.6 Å². The first-order chi connectivity index (χ1) is 67.7. The molecule has 0 aliphatic carbocycles. The van der Waals surface area contributed by atoms with Crippen LogP contribution in [0.25, 0.3) is 0 Å². The fourth-order valence-corrected chi connectivity index (χ4v) is 17.2. The van der Waals surface area contributed by atoms with Gasteiger partial charge in [0.1, 0.15) is 102 Å². The third-order valence-electron chi connectivity index (χ3n) is 25.3. The minimum atomic E-state index is -2.32. The molecule has 19 amide bonds. The molecule has 4 saturated heterocycles. The lowest BCUT2D eigenvalue weighted by Crippen LogP contribution is -2.63. The van der Waals surface area contributed by atoms with E-state index in [0.717, 1.165) is 28.5 Å². The van der Waals surface area contributed by atoms with E-state index in [9.17, 15) is 92.3 Å². The molecular weight excluding hydrogens is 1860 g/mol. The molecule has 0 spiro atoms. The number of nitrogens with one attached hydrogen (secondary N) is 17. The summed E-state index contributed by atoms with van der Waals surface area (Å²) >= 11 is 0. The number of guanidine groups is 1. The number of aliphatic hydroxyl groups is 2. The molecule has 0 unspecified atom stereocenters. The molecule has 780 valence electrons. The van der Waals surface area contributed by atoms with Crippen molar-refractivity contribution in [1.82, 2.24) is 104 Å². The summed E-state index contributed by atoms with van der Waals surface area (Å²) in [5.41, 5.74) is 18.6. The quantitative estimate of drug-likeness (QED) is 0.0127. The number of carbonyl (C=O) groups is 20. The van der Waals surface area contributed by atoms with Crippen molar-refractivity contribution in [2.24, 2.45) is 40.9 Å². The van der Waals surface area contributed by atoms with Crippen LogP contribution in [0.2, 0.25) is 0 Å².